The van der Waals surface area contributed by atoms with Crippen molar-refractivity contribution < 1.29 is 4.79 Å². The molecular weight excluding hydrogens is 282 g/mol. The van der Waals surface area contributed by atoms with Gasteiger partial charge in [0.05, 0.1) is 12.6 Å². The fourth-order valence-electron chi connectivity index (χ4n) is 1.55. The summed E-state index contributed by atoms with van der Waals surface area (Å²) in [7, 11) is 0. The number of rotatable bonds is 5. The number of halogens is 1. The van der Waals surface area contributed by atoms with E-state index in [-0.39, 0.29) is 18.5 Å². The first-order valence-corrected chi connectivity index (χ1v) is 7.09. The fraction of sp³-hybridized carbons (Fsp3) is 0.231. The first-order chi connectivity index (χ1) is 9.15. The van der Waals surface area contributed by atoms with Crippen LogP contribution in [0.25, 0.3) is 0 Å². The van der Waals surface area contributed by atoms with Gasteiger partial charge in [-0.25, -0.2) is 4.98 Å². The van der Waals surface area contributed by atoms with E-state index >= 15 is 0 Å². The van der Waals surface area contributed by atoms with E-state index in [2.05, 4.69) is 15.6 Å². The summed E-state index contributed by atoms with van der Waals surface area (Å²) in [5.74, 6) is -0.106. The molecule has 1 atom stereocenters. The minimum Gasteiger partial charge on any atom is -0.325 e. The number of carbonyl (C=O) groups is 1. The molecule has 0 aliphatic carbocycles. The highest BCUT2D eigenvalue weighted by atomic mass is 35.5. The normalized spacial score (nSPS) is 12.1. The SMILES string of the molecule is CC(NCC(=O)Nc1cccc(Cl)c1)c1nccs1. The molecule has 1 unspecified atom stereocenters. The summed E-state index contributed by atoms with van der Waals surface area (Å²) in [5.41, 5.74) is 0.696. The van der Waals surface area contributed by atoms with Crippen molar-refractivity contribution in [1.82, 2.24) is 10.3 Å². The van der Waals surface area contributed by atoms with Crippen molar-refractivity contribution >= 4 is 34.5 Å². The molecule has 2 aromatic rings. The van der Waals surface area contributed by atoms with E-state index in [4.69, 9.17) is 11.6 Å². The molecule has 1 amide bonds. The maximum Gasteiger partial charge on any atom is 0.238 e. The molecular formula is C13H14ClN3OS. The van der Waals surface area contributed by atoms with Gasteiger partial charge in [-0.1, -0.05) is 17.7 Å². The average Bonchev–Trinajstić information content (AvgIpc) is 2.90. The Labute approximate surface area is 120 Å². The third-order valence-electron chi connectivity index (χ3n) is 2.50. The van der Waals surface area contributed by atoms with Crippen molar-refractivity contribution in [3.63, 3.8) is 0 Å². The Morgan fingerprint density at radius 1 is 1.53 bits per heavy atom. The standard InChI is InChI=1S/C13H14ClN3OS/c1-9(13-15-5-6-19-13)16-8-12(18)17-11-4-2-3-10(14)7-11/h2-7,9,16H,8H2,1H3,(H,17,18). The third kappa shape index (κ3) is 4.31. The third-order valence-corrected chi connectivity index (χ3v) is 3.69. The second kappa shape index (κ2) is 6.65. The Balaban J connectivity index is 1.82. The van der Waals surface area contributed by atoms with Crippen LogP contribution in [0.1, 0.15) is 18.0 Å². The quantitative estimate of drug-likeness (QED) is 0.891. The molecule has 100 valence electrons. The summed E-state index contributed by atoms with van der Waals surface area (Å²) >= 11 is 7.42. The van der Waals surface area contributed by atoms with Crippen molar-refractivity contribution in [2.75, 3.05) is 11.9 Å². The van der Waals surface area contributed by atoms with Crippen molar-refractivity contribution in [2.24, 2.45) is 0 Å². The molecule has 0 radical (unpaired) electrons. The van der Waals surface area contributed by atoms with Crippen LogP contribution in [0.3, 0.4) is 0 Å². The molecule has 0 bridgehead atoms. The van der Waals surface area contributed by atoms with Gasteiger partial charge < -0.3 is 5.32 Å². The Kier molecular flexibility index (Phi) is 4.90. The molecule has 2 rings (SSSR count). The number of aromatic nitrogens is 1. The molecule has 6 heteroatoms. The molecule has 4 nitrogen and oxygen atoms in total. The molecule has 0 aliphatic heterocycles. The van der Waals surface area contributed by atoms with E-state index in [1.54, 1.807) is 41.8 Å². The van der Waals surface area contributed by atoms with Crippen LogP contribution < -0.4 is 10.6 Å². The van der Waals surface area contributed by atoms with Gasteiger partial charge in [0.1, 0.15) is 5.01 Å². The zero-order valence-electron chi connectivity index (χ0n) is 10.4. The van der Waals surface area contributed by atoms with Gasteiger partial charge in [-0.15, -0.1) is 11.3 Å². The van der Waals surface area contributed by atoms with E-state index < -0.39 is 0 Å². The lowest BCUT2D eigenvalue weighted by atomic mass is 10.3. The van der Waals surface area contributed by atoms with Crippen LogP contribution in [0.5, 0.6) is 0 Å². The summed E-state index contributed by atoms with van der Waals surface area (Å²) < 4.78 is 0. The Bertz CT molecular complexity index is 545. The number of nitrogens with zero attached hydrogens (tertiary/aromatic N) is 1. The van der Waals surface area contributed by atoms with E-state index in [0.29, 0.717) is 10.7 Å². The summed E-state index contributed by atoms with van der Waals surface area (Å²) in [6.45, 7) is 2.21. The average molecular weight is 296 g/mol. The van der Waals surface area contributed by atoms with E-state index in [1.165, 1.54) is 0 Å². The first kappa shape index (κ1) is 14.0. The predicted molar refractivity (Wildman–Crippen MR) is 78.6 cm³/mol. The van der Waals surface area contributed by atoms with Gasteiger partial charge >= 0.3 is 0 Å². The number of benzene rings is 1. The second-order valence-corrected chi connectivity index (χ2v) is 5.39. The van der Waals surface area contributed by atoms with Gasteiger partial charge in [0.2, 0.25) is 5.91 Å². The molecule has 0 saturated heterocycles. The molecule has 0 aliphatic rings. The smallest absolute Gasteiger partial charge is 0.238 e. The molecule has 1 heterocycles. The van der Waals surface area contributed by atoms with Gasteiger partial charge in [0.15, 0.2) is 0 Å². The second-order valence-electron chi connectivity index (χ2n) is 4.03. The lowest BCUT2D eigenvalue weighted by Crippen LogP contribution is -2.30. The molecule has 0 spiro atoms. The van der Waals surface area contributed by atoms with Gasteiger partial charge in [-0.05, 0) is 25.1 Å². The van der Waals surface area contributed by atoms with Crippen LogP contribution in [0, 0.1) is 0 Å². The molecule has 1 aromatic heterocycles. The summed E-state index contributed by atoms with van der Waals surface area (Å²) in [4.78, 5) is 16.0. The Hall–Kier alpha value is -1.43. The number of anilines is 1. The van der Waals surface area contributed by atoms with Crippen molar-refractivity contribution in [2.45, 2.75) is 13.0 Å². The highest BCUT2D eigenvalue weighted by Crippen LogP contribution is 2.15. The Morgan fingerprint density at radius 3 is 3.05 bits per heavy atom. The minimum absolute atomic E-state index is 0.0603. The number of carbonyl (C=O) groups excluding carboxylic acids is 1. The number of amides is 1. The molecule has 0 saturated carbocycles. The highest BCUT2D eigenvalue weighted by Gasteiger charge is 2.09. The molecule has 0 fully saturated rings. The zero-order valence-corrected chi connectivity index (χ0v) is 12.0. The molecule has 1 aromatic carbocycles. The summed E-state index contributed by atoms with van der Waals surface area (Å²) in [6, 6.07) is 7.13. The minimum atomic E-state index is -0.106. The van der Waals surface area contributed by atoms with Crippen LogP contribution in [0.15, 0.2) is 35.8 Å². The van der Waals surface area contributed by atoms with Gasteiger partial charge in [0.25, 0.3) is 0 Å². The van der Waals surface area contributed by atoms with Crippen molar-refractivity contribution in [3.8, 4) is 0 Å². The monoisotopic (exact) mass is 295 g/mol. The maximum atomic E-state index is 11.8. The molecule has 19 heavy (non-hydrogen) atoms. The fourth-order valence-corrected chi connectivity index (χ4v) is 2.41. The number of nitrogens with one attached hydrogen (secondary N) is 2. The largest absolute Gasteiger partial charge is 0.325 e. The van der Waals surface area contributed by atoms with Crippen molar-refractivity contribution in [3.05, 3.63) is 45.9 Å². The van der Waals surface area contributed by atoms with E-state index in [9.17, 15) is 4.79 Å². The lowest BCUT2D eigenvalue weighted by molar-refractivity contribution is -0.115. The lowest BCUT2D eigenvalue weighted by Gasteiger charge is -2.11. The first-order valence-electron chi connectivity index (χ1n) is 5.83. The van der Waals surface area contributed by atoms with Crippen LogP contribution in [-0.2, 0) is 4.79 Å². The highest BCUT2D eigenvalue weighted by molar-refractivity contribution is 7.09. The molecule has 2 N–H and O–H groups in total. The summed E-state index contributed by atoms with van der Waals surface area (Å²) in [6.07, 6.45) is 1.75. The van der Waals surface area contributed by atoms with E-state index in [1.807, 2.05) is 12.3 Å². The van der Waals surface area contributed by atoms with Gasteiger partial charge in [0, 0.05) is 22.3 Å². The maximum absolute atomic E-state index is 11.8. The van der Waals surface area contributed by atoms with Crippen LogP contribution in [0.2, 0.25) is 5.02 Å². The zero-order chi connectivity index (χ0) is 13.7. The summed E-state index contributed by atoms with van der Waals surface area (Å²) in [5, 5.41) is 9.39. The van der Waals surface area contributed by atoms with Crippen molar-refractivity contribution in [1.29, 1.82) is 0 Å². The number of hydrogen-bond donors (Lipinski definition) is 2. The van der Waals surface area contributed by atoms with E-state index in [0.717, 1.165) is 5.01 Å². The van der Waals surface area contributed by atoms with Crippen LogP contribution >= 0.6 is 22.9 Å². The van der Waals surface area contributed by atoms with Gasteiger partial charge in [-0.2, -0.15) is 0 Å². The van der Waals surface area contributed by atoms with Crippen LogP contribution in [0.4, 0.5) is 5.69 Å². The number of hydrogen-bond acceptors (Lipinski definition) is 4. The topological polar surface area (TPSA) is 54.0 Å². The predicted octanol–water partition coefficient (Wildman–Crippen LogP) is 3.09. The Morgan fingerprint density at radius 2 is 2.37 bits per heavy atom. The number of thiazole rings is 1. The van der Waals surface area contributed by atoms with Crippen LogP contribution in [-0.4, -0.2) is 17.4 Å². The van der Waals surface area contributed by atoms with Gasteiger partial charge in [-0.3, -0.25) is 10.1 Å².